The van der Waals surface area contributed by atoms with Gasteiger partial charge in [0.1, 0.15) is 6.54 Å². The smallest absolute Gasteiger partial charge is 0.320 e. The SMILES string of the molecule is CCCCCCOP(=O)(O)C1=N[N+](C)(CCCCCC)C(SCC)=C1Cl. The van der Waals surface area contributed by atoms with E-state index in [1.807, 2.05) is 14.0 Å². The van der Waals surface area contributed by atoms with Gasteiger partial charge in [0.25, 0.3) is 0 Å². The zero-order chi connectivity index (χ0) is 19.6. The summed E-state index contributed by atoms with van der Waals surface area (Å²) in [6.45, 7) is 7.38. The lowest BCUT2D eigenvalue weighted by Gasteiger charge is -2.25. The van der Waals surface area contributed by atoms with Crippen molar-refractivity contribution in [3.05, 3.63) is 10.1 Å². The molecule has 1 aliphatic heterocycles. The molecule has 1 rings (SSSR count). The maximum Gasteiger partial charge on any atom is 0.384 e. The number of nitrogens with zero attached hydrogens (tertiary/aromatic N) is 2. The first-order valence-corrected chi connectivity index (χ1v) is 12.7. The lowest BCUT2D eigenvalue weighted by molar-refractivity contribution is -0.869. The van der Waals surface area contributed by atoms with Gasteiger partial charge in [0.2, 0.25) is 10.5 Å². The standard InChI is InChI=1S/C18H34ClN2O3PS/c1-5-8-10-12-14-21(4)18(26-7-3)16(19)17(20-21)25(22,23)24-15-13-11-9-6-2/h5-15H2,1-4H3/p+1. The minimum absolute atomic E-state index is 0.0311. The molecular formula is C18H35ClN2O3PS+. The molecule has 2 unspecified atom stereocenters. The maximum absolute atomic E-state index is 12.7. The minimum atomic E-state index is -4.00. The van der Waals surface area contributed by atoms with Gasteiger partial charge in [-0.3, -0.25) is 4.57 Å². The normalized spacial score (nSPS) is 22.6. The molecule has 152 valence electrons. The highest BCUT2D eigenvalue weighted by Gasteiger charge is 2.47. The maximum atomic E-state index is 12.7. The van der Waals surface area contributed by atoms with Gasteiger partial charge in [-0.25, -0.2) is 0 Å². The summed E-state index contributed by atoms with van der Waals surface area (Å²) in [5, 5.41) is 5.73. The Hall–Kier alpha value is 0.160. The van der Waals surface area contributed by atoms with E-state index in [1.165, 1.54) is 12.8 Å². The summed E-state index contributed by atoms with van der Waals surface area (Å²) in [6, 6.07) is 0. The van der Waals surface area contributed by atoms with E-state index in [9.17, 15) is 9.46 Å². The third-order valence-electron chi connectivity index (χ3n) is 4.40. The molecule has 26 heavy (non-hydrogen) atoms. The van der Waals surface area contributed by atoms with E-state index in [0.29, 0.717) is 5.03 Å². The number of unbranched alkanes of at least 4 members (excludes halogenated alkanes) is 6. The molecule has 5 nitrogen and oxygen atoms in total. The minimum Gasteiger partial charge on any atom is -0.320 e. The molecule has 0 spiro atoms. The molecule has 0 aromatic carbocycles. The summed E-state index contributed by atoms with van der Waals surface area (Å²) in [5.41, 5.74) is 0.0311. The van der Waals surface area contributed by atoms with Crippen LogP contribution < -0.4 is 0 Å². The van der Waals surface area contributed by atoms with Gasteiger partial charge >= 0.3 is 7.60 Å². The van der Waals surface area contributed by atoms with Crippen LogP contribution in [0.1, 0.15) is 72.1 Å². The Labute approximate surface area is 168 Å². The zero-order valence-electron chi connectivity index (χ0n) is 16.7. The number of quaternary nitrogens is 1. The zero-order valence-corrected chi connectivity index (χ0v) is 19.1. The fraction of sp³-hybridized carbons (Fsp3) is 0.833. The van der Waals surface area contributed by atoms with Gasteiger partial charge in [-0.05, 0) is 19.3 Å². The van der Waals surface area contributed by atoms with Gasteiger partial charge in [-0.1, -0.05) is 81.3 Å². The van der Waals surface area contributed by atoms with Crippen molar-refractivity contribution in [2.24, 2.45) is 5.10 Å². The van der Waals surface area contributed by atoms with Crippen molar-refractivity contribution in [3.63, 3.8) is 0 Å². The quantitative estimate of drug-likeness (QED) is 0.202. The molecule has 0 saturated heterocycles. The molecule has 0 radical (unpaired) electrons. The Balaban J connectivity index is 2.87. The van der Waals surface area contributed by atoms with E-state index in [1.54, 1.807) is 11.8 Å². The Morgan fingerprint density at radius 2 is 1.73 bits per heavy atom. The van der Waals surface area contributed by atoms with E-state index in [4.69, 9.17) is 16.1 Å². The average molecular weight is 426 g/mol. The summed E-state index contributed by atoms with van der Waals surface area (Å²) in [4.78, 5) is 10.4. The highest BCUT2D eigenvalue weighted by atomic mass is 35.5. The number of thioether (sulfide) groups is 1. The first kappa shape index (κ1) is 24.2. The van der Waals surface area contributed by atoms with Crippen LogP contribution in [0.5, 0.6) is 0 Å². The Morgan fingerprint density at radius 3 is 2.31 bits per heavy atom. The van der Waals surface area contributed by atoms with Gasteiger partial charge in [0.15, 0.2) is 5.03 Å². The van der Waals surface area contributed by atoms with Crippen LogP contribution >= 0.6 is 31.0 Å². The second-order valence-corrected chi connectivity index (χ2v) is 10.2. The fourth-order valence-corrected chi connectivity index (χ4v) is 5.75. The molecule has 8 heteroatoms. The lowest BCUT2D eigenvalue weighted by atomic mass is 10.2. The molecule has 0 aliphatic carbocycles. The Kier molecular flexibility index (Phi) is 11.1. The molecule has 0 aromatic rings. The topological polar surface area (TPSA) is 58.9 Å². The number of hydrogen-bond donors (Lipinski definition) is 1. The molecule has 2 atom stereocenters. The second kappa shape index (κ2) is 11.9. The number of hydrogen-bond acceptors (Lipinski definition) is 4. The average Bonchev–Trinajstić information content (AvgIpc) is 2.85. The molecule has 0 bridgehead atoms. The van der Waals surface area contributed by atoms with Gasteiger partial charge < -0.3 is 9.42 Å². The van der Waals surface area contributed by atoms with Gasteiger partial charge in [-0.2, -0.15) is 4.59 Å². The van der Waals surface area contributed by atoms with Crippen LogP contribution in [0.15, 0.2) is 15.2 Å². The van der Waals surface area contributed by atoms with Crippen LogP contribution in [0.4, 0.5) is 0 Å². The van der Waals surface area contributed by atoms with Crippen molar-refractivity contribution in [1.82, 2.24) is 0 Å². The van der Waals surface area contributed by atoms with E-state index < -0.39 is 7.60 Å². The van der Waals surface area contributed by atoms with Crippen LogP contribution in [0.2, 0.25) is 0 Å². The van der Waals surface area contributed by atoms with Crippen LogP contribution in [0.3, 0.4) is 0 Å². The van der Waals surface area contributed by atoms with Crippen LogP contribution in [-0.4, -0.2) is 40.9 Å². The third-order valence-corrected chi connectivity index (χ3v) is 7.54. The third kappa shape index (κ3) is 6.96. The fourth-order valence-electron chi connectivity index (χ4n) is 2.90. The summed E-state index contributed by atoms with van der Waals surface area (Å²) in [5.74, 6) is 0.838. The second-order valence-electron chi connectivity index (χ2n) is 6.81. The molecule has 0 saturated carbocycles. The molecule has 0 amide bonds. The van der Waals surface area contributed by atoms with Gasteiger partial charge in [-0.15, -0.1) is 0 Å². The number of rotatable bonds is 14. The highest BCUT2D eigenvalue weighted by Crippen LogP contribution is 2.53. The van der Waals surface area contributed by atoms with E-state index in [0.717, 1.165) is 55.9 Å². The first-order chi connectivity index (χ1) is 12.3. The largest absolute Gasteiger partial charge is 0.384 e. The highest BCUT2D eigenvalue weighted by molar-refractivity contribution is 8.03. The molecule has 0 fully saturated rings. The predicted molar refractivity (Wildman–Crippen MR) is 114 cm³/mol. The van der Waals surface area contributed by atoms with Crippen molar-refractivity contribution in [3.8, 4) is 0 Å². The first-order valence-electron chi connectivity index (χ1n) is 9.79. The van der Waals surface area contributed by atoms with Crippen molar-refractivity contribution in [2.75, 3.05) is 26.0 Å². The summed E-state index contributed by atoms with van der Waals surface area (Å²) >= 11 is 8.08. The van der Waals surface area contributed by atoms with Crippen molar-refractivity contribution >= 4 is 36.4 Å². The monoisotopic (exact) mass is 425 g/mol. The Morgan fingerprint density at radius 1 is 1.12 bits per heavy atom. The van der Waals surface area contributed by atoms with Crippen molar-refractivity contribution in [1.29, 1.82) is 0 Å². The van der Waals surface area contributed by atoms with Crippen LogP contribution in [0, 0.1) is 0 Å². The molecule has 1 N–H and O–H groups in total. The van der Waals surface area contributed by atoms with Crippen molar-refractivity contribution < 1.29 is 18.6 Å². The Bertz CT molecular complexity index is 557. The number of halogens is 1. The van der Waals surface area contributed by atoms with Crippen LogP contribution in [-0.2, 0) is 9.09 Å². The van der Waals surface area contributed by atoms with E-state index in [2.05, 4.69) is 18.9 Å². The predicted octanol–water partition coefficient (Wildman–Crippen LogP) is 6.28. The molecule has 1 aliphatic rings. The molecule has 0 aromatic heterocycles. The lowest BCUT2D eigenvalue weighted by Crippen LogP contribution is -2.35. The van der Waals surface area contributed by atoms with Crippen molar-refractivity contribution in [2.45, 2.75) is 72.1 Å². The number of allylic oxidation sites excluding steroid dienone is 1. The molecule has 1 heterocycles. The molecular weight excluding hydrogens is 391 g/mol. The summed E-state index contributed by atoms with van der Waals surface area (Å²) in [7, 11) is -2.04. The van der Waals surface area contributed by atoms with Gasteiger partial charge in [0, 0.05) is 5.75 Å². The van der Waals surface area contributed by atoms with Crippen LogP contribution in [0.25, 0.3) is 0 Å². The summed E-state index contributed by atoms with van der Waals surface area (Å²) < 4.78 is 18.3. The van der Waals surface area contributed by atoms with E-state index in [-0.39, 0.29) is 16.7 Å². The van der Waals surface area contributed by atoms with E-state index >= 15 is 0 Å². The summed E-state index contributed by atoms with van der Waals surface area (Å²) in [6.07, 6.45) is 8.47. The van der Waals surface area contributed by atoms with Gasteiger partial charge in [0.05, 0.1) is 13.7 Å².